The normalized spacial score (nSPS) is 20.1. The van der Waals surface area contributed by atoms with Crippen molar-refractivity contribution in [2.45, 2.75) is 19.9 Å². The van der Waals surface area contributed by atoms with Gasteiger partial charge in [-0.05, 0) is 24.6 Å². The molecule has 0 radical (unpaired) electrons. The predicted molar refractivity (Wildman–Crippen MR) is 88.5 cm³/mol. The molecule has 0 aromatic carbocycles. The Morgan fingerprint density at radius 2 is 2.08 bits per heavy atom. The molecule has 0 saturated carbocycles. The Morgan fingerprint density at radius 1 is 1.32 bits per heavy atom. The molecule has 132 valence electrons. The summed E-state index contributed by atoms with van der Waals surface area (Å²) in [5, 5.41) is 2.79. The summed E-state index contributed by atoms with van der Waals surface area (Å²) in [5.41, 5.74) is 0.386. The second-order valence-electron chi connectivity index (χ2n) is 6.04. The Labute approximate surface area is 145 Å². The maximum absolute atomic E-state index is 12.6. The summed E-state index contributed by atoms with van der Waals surface area (Å²) >= 11 is 0. The van der Waals surface area contributed by atoms with Gasteiger partial charge < -0.3 is 9.73 Å². The molecule has 1 unspecified atom stereocenters. The quantitative estimate of drug-likeness (QED) is 0.798. The van der Waals surface area contributed by atoms with Crippen LogP contribution in [0.1, 0.15) is 19.1 Å². The molecule has 8 nitrogen and oxygen atoms in total. The molecule has 3 heterocycles. The van der Waals surface area contributed by atoms with E-state index in [1.54, 1.807) is 36.1 Å². The number of nitrogens with zero attached hydrogens (tertiary/aromatic N) is 3. The minimum Gasteiger partial charge on any atom is -0.467 e. The number of nitrogens with one attached hydrogen (secondary N) is 1. The van der Waals surface area contributed by atoms with Crippen LogP contribution in [0.2, 0.25) is 0 Å². The second-order valence-corrected chi connectivity index (χ2v) is 6.04. The minimum absolute atomic E-state index is 0.256. The number of carbonyl (C=O) groups is 3. The number of hydrogen-bond donors (Lipinski definition) is 1. The molecule has 1 N–H and O–H groups in total. The van der Waals surface area contributed by atoms with Gasteiger partial charge >= 0.3 is 6.03 Å². The topological polar surface area (TPSA) is 85.9 Å². The summed E-state index contributed by atoms with van der Waals surface area (Å²) in [6, 6.07) is 3.12. The Bertz CT molecular complexity index is 779. The van der Waals surface area contributed by atoms with E-state index in [4.69, 9.17) is 4.42 Å². The smallest absolute Gasteiger partial charge is 0.417 e. The van der Waals surface area contributed by atoms with Crippen molar-refractivity contribution < 1.29 is 23.4 Å². The molecule has 1 fully saturated rings. The zero-order valence-corrected chi connectivity index (χ0v) is 14.5. The molecular formula is C17H21N4O4+. The van der Waals surface area contributed by atoms with Crippen LogP contribution in [0.3, 0.4) is 0 Å². The number of amidine groups is 1. The minimum atomic E-state index is -0.622. The Morgan fingerprint density at radius 3 is 2.72 bits per heavy atom. The van der Waals surface area contributed by atoms with E-state index in [9.17, 15) is 14.4 Å². The SMILES string of the molecule is CCC[N+]1=C2C(C=C1C(=O)NCc1ccco1)C(=O)N(C)C(=O)N2C. The molecule has 25 heavy (non-hydrogen) atoms. The van der Waals surface area contributed by atoms with E-state index in [2.05, 4.69) is 5.32 Å². The Kier molecular flexibility index (Phi) is 4.43. The van der Waals surface area contributed by atoms with Crippen LogP contribution in [0.25, 0.3) is 0 Å². The van der Waals surface area contributed by atoms with Crippen molar-refractivity contribution >= 4 is 23.7 Å². The first-order valence-electron chi connectivity index (χ1n) is 8.17. The van der Waals surface area contributed by atoms with Gasteiger partial charge in [0.2, 0.25) is 0 Å². The zero-order valence-electron chi connectivity index (χ0n) is 14.5. The van der Waals surface area contributed by atoms with Gasteiger partial charge in [0.1, 0.15) is 5.76 Å². The van der Waals surface area contributed by atoms with Crippen LogP contribution in [0.15, 0.2) is 34.6 Å². The molecule has 0 spiro atoms. The van der Waals surface area contributed by atoms with Crippen LogP contribution < -0.4 is 5.32 Å². The summed E-state index contributed by atoms with van der Waals surface area (Å²) in [6.07, 6.45) is 3.94. The van der Waals surface area contributed by atoms with Crippen molar-refractivity contribution in [2.24, 2.45) is 5.92 Å². The summed E-state index contributed by atoms with van der Waals surface area (Å²) in [4.78, 5) is 39.9. The lowest BCUT2D eigenvalue weighted by Gasteiger charge is -2.27. The molecule has 1 saturated heterocycles. The van der Waals surface area contributed by atoms with E-state index in [-0.39, 0.29) is 18.4 Å². The Balaban J connectivity index is 1.90. The maximum Gasteiger partial charge on any atom is 0.417 e. The van der Waals surface area contributed by atoms with Crippen LogP contribution in [-0.2, 0) is 16.1 Å². The number of furan rings is 1. The van der Waals surface area contributed by atoms with Crippen molar-refractivity contribution in [2.75, 3.05) is 20.6 Å². The third kappa shape index (κ3) is 2.84. The lowest BCUT2D eigenvalue weighted by atomic mass is 10.0. The fourth-order valence-corrected chi connectivity index (χ4v) is 3.14. The maximum atomic E-state index is 12.6. The highest BCUT2D eigenvalue weighted by molar-refractivity contribution is 6.19. The molecule has 2 aliphatic heterocycles. The van der Waals surface area contributed by atoms with E-state index in [0.29, 0.717) is 23.8 Å². The molecule has 1 aromatic heterocycles. The number of hydrogen-bond acceptors (Lipinski definition) is 4. The molecule has 8 heteroatoms. The Hall–Kier alpha value is -2.90. The van der Waals surface area contributed by atoms with Crippen LogP contribution in [0, 0.1) is 5.92 Å². The zero-order chi connectivity index (χ0) is 18.1. The van der Waals surface area contributed by atoms with E-state index < -0.39 is 11.9 Å². The van der Waals surface area contributed by atoms with Crippen LogP contribution >= 0.6 is 0 Å². The highest BCUT2D eigenvalue weighted by Gasteiger charge is 2.51. The van der Waals surface area contributed by atoms with Crippen molar-refractivity contribution in [3.63, 3.8) is 0 Å². The molecule has 0 aliphatic carbocycles. The van der Waals surface area contributed by atoms with Crippen LogP contribution in [-0.4, -0.2) is 58.7 Å². The molecule has 1 aromatic rings. The third-order valence-corrected chi connectivity index (χ3v) is 4.37. The van der Waals surface area contributed by atoms with E-state index in [1.165, 1.54) is 11.9 Å². The number of amides is 4. The van der Waals surface area contributed by atoms with Gasteiger partial charge in [-0.2, -0.15) is 4.90 Å². The lowest BCUT2D eigenvalue weighted by Crippen LogP contribution is -2.57. The standard InChI is InChI=1S/C17H20N4O4/c1-4-7-21-13(14(22)18-10-11-6-5-8-25-11)9-12-15(21)19(2)17(24)20(3)16(12)23/h5-6,8-9,12H,4,7,10H2,1-3H3/p+1. The number of fused-ring (bicyclic) bond motifs is 1. The fourth-order valence-electron chi connectivity index (χ4n) is 3.14. The fraction of sp³-hybridized carbons (Fsp3) is 0.412. The monoisotopic (exact) mass is 345 g/mol. The summed E-state index contributed by atoms with van der Waals surface area (Å²) < 4.78 is 6.97. The first-order valence-corrected chi connectivity index (χ1v) is 8.17. The number of urea groups is 1. The van der Waals surface area contributed by atoms with Gasteiger partial charge in [-0.15, -0.1) is 0 Å². The highest BCUT2D eigenvalue weighted by Crippen LogP contribution is 2.26. The van der Waals surface area contributed by atoms with Crippen LogP contribution in [0.5, 0.6) is 0 Å². The van der Waals surface area contributed by atoms with Gasteiger partial charge in [0.05, 0.1) is 26.4 Å². The average Bonchev–Trinajstić information content (AvgIpc) is 3.24. The van der Waals surface area contributed by atoms with E-state index >= 15 is 0 Å². The first kappa shape index (κ1) is 16.9. The summed E-state index contributed by atoms with van der Waals surface area (Å²) in [6.45, 7) is 2.77. The summed E-state index contributed by atoms with van der Waals surface area (Å²) in [7, 11) is 3.07. The predicted octanol–water partition coefficient (Wildman–Crippen LogP) is 0.754. The molecule has 2 aliphatic rings. The van der Waals surface area contributed by atoms with E-state index in [0.717, 1.165) is 11.3 Å². The number of rotatable bonds is 5. The second kappa shape index (κ2) is 6.54. The van der Waals surface area contributed by atoms with Crippen molar-refractivity contribution in [1.29, 1.82) is 0 Å². The lowest BCUT2D eigenvalue weighted by molar-refractivity contribution is -0.473. The van der Waals surface area contributed by atoms with Crippen LogP contribution in [0.4, 0.5) is 4.79 Å². The highest BCUT2D eigenvalue weighted by atomic mass is 16.3. The van der Waals surface area contributed by atoms with Gasteiger partial charge in [-0.3, -0.25) is 9.59 Å². The van der Waals surface area contributed by atoms with Gasteiger partial charge in [-0.25, -0.2) is 14.3 Å². The molecule has 0 bridgehead atoms. The van der Waals surface area contributed by atoms with Crippen molar-refractivity contribution in [3.05, 3.63) is 35.9 Å². The van der Waals surface area contributed by atoms with Gasteiger partial charge in [0, 0.05) is 7.05 Å². The van der Waals surface area contributed by atoms with Crippen molar-refractivity contribution in [1.82, 2.24) is 15.1 Å². The van der Waals surface area contributed by atoms with Gasteiger partial charge in [0.25, 0.3) is 17.6 Å². The molecule has 1 atom stereocenters. The average molecular weight is 345 g/mol. The van der Waals surface area contributed by atoms with E-state index in [1.807, 2.05) is 6.92 Å². The summed E-state index contributed by atoms with van der Waals surface area (Å²) in [5.74, 6) is -0.0695. The molecule has 4 amide bonds. The van der Waals surface area contributed by atoms with Gasteiger partial charge in [0.15, 0.2) is 11.6 Å². The van der Waals surface area contributed by atoms with Gasteiger partial charge in [-0.1, -0.05) is 6.92 Å². The molecular weight excluding hydrogens is 324 g/mol. The number of carbonyl (C=O) groups excluding carboxylic acids is 3. The first-order chi connectivity index (χ1) is 12.0. The largest absolute Gasteiger partial charge is 0.467 e. The van der Waals surface area contributed by atoms with Crippen molar-refractivity contribution in [3.8, 4) is 0 Å². The third-order valence-electron chi connectivity index (χ3n) is 4.37. The molecule has 3 rings (SSSR count). The number of imide groups is 1.